The van der Waals surface area contributed by atoms with E-state index in [-0.39, 0.29) is 24.3 Å². The van der Waals surface area contributed by atoms with Crippen LogP contribution in [-0.2, 0) is 16.1 Å². The van der Waals surface area contributed by atoms with Gasteiger partial charge in [0.1, 0.15) is 0 Å². The van der Waals surface area contributed by atoms with Crippen LogP contribution in [0.3, 0.4) is 0 Å². The first kappa shape index (κ1) is 12.8. The van der Waals surface area contributed by atoms with Crippen molar-refractivity contribution in [3.63, 3.8) is 0 Å². The van der Waals surface area contributed by atoms with E-state index in [0.717, 1.165) is 12.1 Å². The first-order chi connectivity index (χ1) is 8.52. The molecule has 1 aromatic heterocycles. The minimum absolute atomic E-state index is 0.00134. The highest BCUT2D eigenvalue weighted by molar-refractivity contribution is 6.05. The largest absolute Gasteiger partial charge is 0.299 e. The van der Waals surface area contributed by atoms with Gasteiger partial charge in [-0.25, -0.2) is 0 Å². The van der Waals surface area contributed by atoms with E-state index in [0.29, 0.717) is 0 Å². The number of amides is 2. The minimum Gasteiger partial charge on any atom is -0.299 e. The summed E-state index contributed by atoms with van der Waals surface area (Å²) in [7, 11) is 1.52. The molecule has 6 nitrogen and oxygen atoms in total. The van der Waals surface area contributed by atoms with E-state index in [1.807, 2.05) is 24.7 Å². The third-order valence-electron chi connectivity index (χ3n) is 3.31. The van der Waals surface area contributed by atoms with Gasteiger partial charge in [0, 0.05) is 31.4 Å². The molecule has 1 aliphatic heterocycles. The molecule has 98 valence electrons. The van der Waals surface area contributed by atoms with Gasteiger partial charge < -0.3 is 0 Å². The van der Waals surface area contributed by atoms with E-state index in [2.05, 4.69) is 10.4 Å². The molecule has 1 aliphatic rings. The number of imide groups is 1. The fourth-order valence-corrected chi connectivity index (χ4v) is 2.06. The van der Waals surface area contributed by atoms with Gasteiger partial charge in [-0.15, -0.1) is 0 Å². The molecule has 2 amide bonds. The fraction of sp³-hybridized carbons (Fsp3) is 0.583. The van der Waals surface area contributed by atoms with E-state index in [9.17, 15) is 9.59 Å². The summed E-state index contributed by atoms with van der Waals surface area (Å²) in [6, 6.07) is -0.416. The number of likely N-dealkylation sites (tertiary alicyclic amines) is 1. The highest BCUT2D eigenvalue weighted by Gasteiger charge is 2.36. The van der Waals surface area contributed by atoms with Gasteiger partial charge in [0.25, 0.3) is 0 Å². The van der Waals surface area contributed by atoms with E-state index in [4.69, 9.17) is 0 Å². The van der Waals surface area contributed by atoms with Gasteiger partial charge in [-0.2, -0.15) is 5.10 Å². The van der Waals surface area contributed by atoms with Gasteiger partial charge in [-0.3, -0.25) is 24.5 Å². The van der Waals surface area contributed by atoms with Crippen LogP contribution in [0.4, 0.5) is 0 Å². The number of nitrogens with one attached hydrogen (secondary N) is 1. The van der Waals surface area contributed by atoms with Crippen molar-refractivity contribution in [2.24, 2.45) is 0 Å². The number of nitrogens with zero attached hydrogens (tertiary/aromatic N) is 3. The number of hydrogen-bond acceptors (Lipinski definition) is 4. The van der Waals surface area contributed by atoms with E-state index in [1.165, 1.54) is 11.9 Å². The average molecular weight is 250 g/mol. The topological polar surface area (TPSA) is 67.2 Å². The number of likely N-dealkylation sites (N-methyl/N-ethyl adjacent to an activating group) is 1. The molecule has 1 fully saturated rings. The molecule has 2 atom stereocenters. The second kappa shape index (κ2) is 4.89. The third kappa shape index (κ3) is 2.28. The Bertz CT molecular complexity index is 468. The summed E-state index contributed by atoms with van der Waals surface area (Å²) < 4.78 is 1.83. The summed E-state index contributed by atoms with van der Waals surface area (Å²) >= 11 is 0. The molecular formula is C12H18N4O2. The standard InChI is InChI=1S/C12H18N4O2/c1-4-16-7-9(6-13-16)8(2)14-10-5-11(17)15(3)12(10)18/h6-8,10,14H,4-5H2,1-3H3. The van der Waals surface area contributed by atoms with Gasteiger partial charge in [0.2, 0.25) is 11.8 Å². The molecule has 0 radical (unpaired) electrons. The number of aryl methyl sites for hydroxylation is 1. The van der Waals surface area contributed by atoms with E-state index >= 15 is 0 Å². The lowest BCUT2D eigenvalue weighted by molar-refractivity contribution is -0.137. The van der Waals surface area contributed by atoms with Crippen molar-refractivity contribution in [2.75, 3.05) is 7.05 Å². The second-order valence-corrected chi connectivity index (χ2v) is 4.57. The lowest BCUT2D eigenvalue weighted by Gasteiger charge is -2.16. The summed E-state index contributed by atoms with van der Waals surface area (Å²) in [6.07, 6.45) is 3.97. The van der Waals surface area contributed by atoms with E-state index < -0.39 is 6.04 Å². The Labute approximate surface area is 106 Å². The van der Waals surface area contributed by atoms with Crippen molar-refractivity contribution >= 4 is 11.8 Å². The predicted octanol–water partition coefficient (Wildman–Crippen LogP) is 0.311. The van der Waals surface area contributed by atoms with Crippen LogP contribution >= 0.6 is 0 Å². The quantitative estimate of drug-likeness (QED) is 0.781. The zero-order valence-corrected chi connectivity index (χ0v) is 10.9. The molecule has 2 rings (SSSR count). The molecule has 2 unspecified atom stereocenters. The second-order valence-electron chi connectivity index (χ2n) is 4.57. The maximum Gasteiger partial charge on any atom is 0.246 e. The molecule has 1 saturated heterocycles. The van der Waals surface area contributed by atoms with Crippen LogP contribution in [0.2, 0.25) is 0 Å². The monoisotopic (exact) mass is 250 g/mol. The minimum atomic E-state index is -0.414. The molecule has 0 bridgehead atoms. The smallest absolute Gasteiger partial charge is 0.246 e. The van der Waals surface area contributed by atoms with Crippen LogP contribution in [0.5, 0.6) is 0 Å². The SMILES string of the molecule is CCn1cc(C(C)NC2CC(=O)N(C)C2=O)cn1. The Morgan fingerprint density at radius 1 is 1.56 bits per heavy atom. The highest BCUT2D eigenvalue weighted by atomic mass is 16.2. The summed E-state index contributed by atoms with van der Waals surface area (Å²) in [5, 5.41) is 7.37. The Kier molecular flexibility index (Phi) is 3.47. The molecule has 0 aromatic carbocycles. The normalized spacial score (nSPS) is 21.7. The summed E-state index contributed by atoms with van der Waals surface area (Å²) in [4.78, 5) is 24.4. The number of hydrogen-bond donors (Lipinski definition) is 1. The van der Waals surface area contributed by atoms with Crippen LogP contribution in [-0.4, -0.2) is 39.6 Å². The first-order valence-electron chi connectivity index (χ1n) is 6.11. The first-order valence-corrected chi connectivity index (χ1v) is 6.11. The van der Waals surface area contributed by atoms with Crippen LogP contribution in [0.1, 0.15) is 31.9 Å². The zero-order chi connectivity index (χ0) is 13.3. The van der Waals surface area contributed by atoms with E-state index in [1.54, 1.807) is 6.20 Å². The van der Waals surface area contributed by atoms with Crippen LogP contribution in [0.25, 0.3) is 0 Å². The maximum atomic E-state index is 11.8. The molecule has 0 spiro atoms. The molecule has 2 heterocycles. The average Bonchev–Trinajstić information content (AvgIpc) is 2.92. The van der Waals surface area contributed by atoms with Crippen molar-refractivity contribution in [2.45, 2.75) is 38.9 Å². The number of aromatic nitrogens is 2. The summed E-state index contributed by atoms with van der Waals surface area (Å²) in [6.45, 7) is 4.80. The molecule has 6 heteroatoms. The predicted molar refractivity (Wildman–Crippen MR) is 65.6 cm³/mol. The molecule has 0 aliphatic carbocycles. The Morgan fingerprint density at radius 2 is 2.28 bits per heavy atom. The van der Waals surface area contributed by atoms with Gasteiger partial charge in [0.15, 0.2) is 0 Å². The van der Waals surface area contributed by atoms with Crippen molar-refractivity contribution in [1.29, 1.82) is 0 Å². The molecule has 1 aromatic rings. The Balaban J connectivity index is 2.01. The van der Waals surface area contributed by atoms with Crippen LogP contribution in [0.15, 0.2) is 12.4 Å². The van der Waals surface area contributed by atoms with Crippen LogP contribution < -0.4 is 5.32 Å². The summed E-state index contributed by atoms with van der Waals surface area (Å²) in [5.74, 6) is -0.288. The molecule has 18 heavy (non-hydrogen) atoms. The Hall–Kier alpha value is -1.69. The molecular weight excluding hydrogens is 232 g/mol. The van der Waals surface area contributed by atoms with Crippen LogP contribution in [0, 0.1) is 0 Å². The van der Waals surface area contributed by atoms with Crippen molar-refractivity contribution < 1.29 is 9.59 Å². The molecule has 0 saturated carbocycles. The number of carbonyl (C=O) groups excluding carboxylic acids is 2. The van der Waals surface area contributed by atoms with Crippen molar-refractivity contribution in [3.05, 3.63) is 18.0 Å². The summed E-state index contributed by atoms with van der Waals surface area (Å²) in [5.41, 5.74) is 1.02. The van der Waals surface area contributed by atoms with Gasteiger partial charge >= 0.3 is 0 Å². The third-order valence-corrected chi connectivity index (χ3v) is 3.31. The highest BCUT2D eigenvalue weighted by Crippen LogP contribution is 2.17. The zero-order valence-electron chi connectivity index (χ0n) is 10.9. The number of carbonyl (C=O) groups is 2. The van der Waals surface area contributed by atoms with Gasteiger partial charge in [-0.1, -0.05) is 0 Å². The lowest BCUT2D eigenvalue weighted by atomic mass is 10.1. The van der Waals surface area contributed by atoms with Crippen molar-refractivity contribution in [1.82, 2.24) is 20.0 Å². The molecule has 1 N–H and O–H groups in total. The maximum absolute atomic E-state index is 11.8. The number of rotatable bonds is 4. The van der Waals surface area contributed by atoms with Gasteiger partial charge in [-0.05, 0) is 13.8 Å². The van der Waals surface area contributed by atoms with Crippen molar-refractivity contribution in [3.8, 4) is 0 Å². The Morgan fingerprint density at radius 3 is 2.78 bits per heavy atom. The van der Waals surface area contributed by atoms with Gasteiger partial charge in [0.05, 0.1) is 18.7 Å². The fourth-order valence-electron chi connectivity index (χ4n) is 2.06. The lowest BCUT2D eigenvalue weighted by Crippen LogP contribution is -2.38.